The molecular formula is C6H10O7S. The molecule has 0 atom stereocenters. The summed E-state index contributed by atoms with van der Waals surface area (Å²) < 4.78 is 40.6. The number of hydrogen-bond acceptors (Lipinski definition) is 6. The van der Waals surface area contributed by atoms with Crippen LogP contribution in [0, 0.1) is 0 Å². The first-order valence-electron chi connectivity index (χ1n) is 3.48. The van der Waals surface area contributed by atoms with Gasteiger partial charge in [-0.25, -0.2) is 8.98 Å². The maximum atomic E-state index is 10.6. The average molecular weight is 226 g/mol. The number of carbonyl (C=O) groups is 1. The van der Waals surface area contributed by atoms with Crippen molar-refractivity contribution in [3.8, 4) is 0 Å². The summed E-state index contributed by atoms with van der Waals surface area (Å²) in [6.45, 7) is 2.48. The SMILES string of the molecule is C=CCOC(=O)OCCOS(=O)(=O)O. The van der Waals surface area contributed by atoms with Gasteiger partial charge < -0.3 is 9.47 Å². The van der Waals surface area contributed by atoms with Crippen LogP contribution in [0.3, 0.4) is 0 Å². The molecule has 1 N–H and O–H groups in total. The fourth-order valence-corrected chi connectivity index (χ4v) is 0.712. The van der Waals surface area contributed by atoms with Gasteiger partial charge in [0.15, 0.2) is 0 Å². The molecule has 0 bridgehead atoms. The quantitative estimate of drug-likeness (QED) is 0.297. The van der Waals surface area contributed by atoms with E-state index in [1.165, 1.54) is 6.08 Å². The Bertz CT molecular complexity index is 281. The second-order valence-corrected chi connectivity index (χ2v) is 3.04. The van der Waals surface area contributed by atoms with E-state index in [-0.39, 0.29) is 13.2 Å². The average Bonchev–Trinajstić information content (AvgIpc) is 2.07. The van der Waals surface area contributed by atoms with Gasteiger partial charge >= 0.3 is 16.6 Å². The van der Waals surface area contributed by atoms with Gasteiger partial charge in [0.05, 0.1) is 0 Å². The maximum absolute atomic E-state index is 10.6. The van der Waals surface area contributed by atoms with Crippen molar-refractivity contribution in [2.24, 2.45) is 0 Å². The topological polar surface area (TPSA) is 99.1 Å². The predicted octanol–water partition coefficient (Wildman–Crippen LogP) is 0.145. The first-order valence-corrected chi connectivity index (χ1v) is 4.84. The van der Waals surface area contributed by atoms with Crippen LogP contribution in [0.15, 0.2) is 12.7 Å². The van der Waals surface area contributed by atoms with E-state index in [1.54, 1.807) is 0 Å². The van der Waals surface area contributed by atoms with Crippen molar-refractivity contribution in [3.63, 3.8) is 0 Å². The zero-order valence-electron chi connectivity index (χ0n) is 7.21. The van der Waals surface area contributed by atoms with Crippen molar-refractivity contribution in [3.05, 3.63) is 12.7 Å². The van der Waals surface area contributed by atoms with Crippen LogP contribution in [0.5, 0.6) is 0 Å². The summed E-state index contributed by atoms with van der Waals surface area (Å²) in [4.78, 5) is 10.6. The number of hydrogen-bond donors (Lipinski definition) is 1. The normalized spacial score (nSPS) is 10.6. The molecule has 0 aromatic heterocycles. The highest BCUT2D eigenvalue weighted by Gasteiger charge is 2.06. The third-order valence-electron chi connectivity index (χ3n) is 0.855. The van der Waals surface area contributed by atoms with Gasteiger partial charge in [0.1, 0.15) is 19.8 Å². The first-order chi connectivity index (χ1) is 6.45. The fraction of sp³-hybridized carbons (Fsp3) is 0.500. The van der Waals surface area contributed by atoms with Crippen molar-refractivity contribution in [2.75, 3.05) is 19.8 Å². The third-order valence-corrected chi connectivity index (χ3v) is 1.32. The summed E-state index contributed by atoms with van der Waals surface area (Å²) in [5.41, 5.74) is 0. The molecular weight excluding hydrogens is 216 g/mol. The molecule has 0 aliphatic heterocycles. The van der Waals surface area contributed by atoms with E-state index in [1.807, 2.05) is 0 Å². The number of ether oxygens (including phenoxy) is 2. The summed E-state index contributed by atoms with van der Waals surface area (Å²) in [5, 5.41) is 0. The van der Waals surface area contributed by atoms with Crippen molar-refractivity contribution >= 4 is 16.6 Å². The van der Waals surface area contributed by atoms with Crippen LogP contribution in [0.1, 0.15) is 0 Å². The van der Waals surface area contributed by atoms with Crippen molar-refractivity contribution in [1.82, 2.24) is 0 Å². The van der Waals surface area contributed by atoms with Gasteiger partial charge in [-0.3, -0.25) is 4.55 Å². The van der Waals surface area contributed by atoms with Crippen LogP contribution in [-0.4, -0.2) is 38.9 Å². The monoisotopic (exact) mass is 226 g/mol. The summed E-state index contributed by atoms with van der Waals surface area (Å²) in [6.07, 6.45) is 0.375. The van der Waals surface area contributed by atoms with Crippen LogP contribution >= 0.6 is 0 Å². The van der Waals surface area contributed by atoms with E-state index in [9.17, 15) is 13.2 Å². The highest BCUT2D eigenvalue weighted by atomic mass is 32.3. The Morgan fingerprint density at radius 2 is 2.00 bits per heavy atom. The minimum absolute atomic E-state index is 0.00199. The number of carbonyl (C=O) groups excluding carboxylic acids is 1. The molecule has 0 amide bonds. The zero-order valence-corrected chi connectivity index (χ0v) is 8.03. The van der Waals surface area contributed by atoms with E-state index in [0.29, 0.717) is 0 Å². The van der Waals surface area contributed by atoms with E-state index in [0.717, 1.165) is 0 Å². The Kier molecular flexibility index (Phi) is 5.84. The van der Waals surface area contributed by atoms with Gasteiger partial charge in [-0.2, -0.15) is 8.42 Å². The maximum Gasteiger partial charge on any atom is 0.508 e. The molecule has 82 valence electrons. The van der Waals surface area contributed by atoms with E-state index in [2.05, 4.69) is 20.2 Å². The second-order valence-electron chi connectivity index (χ2n) is 1.95. The van der Waals surface area contributed by atoms with Crippen molar-refractivity contribution in [1.29, 1.82) is 0 Å². The molecule has 8 heteroatoms. The summed E-state index contributed by atoms with van der Waals surface area (Å²) in [7, 11) is -4.49. The van der Waals surface area contributed by atoms with E-state index >= 15 is 0 Å². The van der Waals surface area contributed by atoms with E-state index in [4.69, 9.17) is 4.55 Å². The second kappa shape index (κ2) is 6.35. The first kappa shape index (κ1) is 12.9. The molecule has 0 aliphatic rings. The Balaban J connectivity index is 3.45. The summed E-state index contributed by atoms with van der Waals surface area (Å²) >= 11 is 0. The highest BCUT2D eigenvalue weighted by molar-refractivity contribution is 7.80. The summed E-state index contributed by atoms with van der Waals surface area (Å²) in [5.74, 6) is 0. The summed E-state index contributed by atoms with van der Waals surface area (Å²) in [6, 6.07) is 0. The lowest BCUT2D eigenvalue weighted by Gasteiger charge is -2.03. The van der Waals surface area contributed by atoms with Gasteiger partial charge in [-0.05, 0) is 0 Å². The highest BCUT2D eigenvalue weighted by Crippen LogP contribution is 1.89. The van der Waals surface area contributed by atoms with Gasteiger partial charge in [0.2, 0.25) is 0 Å². The smallest absolute Gasteiger partial charge is 0.432 e. The molecule has 0 aromatic carbocycles. The molecule has 0 radical (unpaired) electrons. The lowest BCUT2D eigenvalue weighted by Crippen LogP contribution is -2.14. The van der Waals surface area contributed by atoms with Gasteiger partial charge in [-0.1, -0.05) is 12.7 Å². The van der Waals surface area contributed by atoms with Crippen LogP contribution in [0.4, 0.5) is 4.79 Å². The van der Waals surface area contributed by atoms with Gasteiger partial charge in [0.25, 0.3) is 0 Å². The lowest BCUT2D eigenvalue weighted by molar-refractivity contribution is 0.0524. The molecule has 0 unspecified atom stereocenters. The standard InChI is InChI=1S/C6H10O7S/c1-2-3-11-6(7)12-4-5-13-14(8,9)10/h2H,1,3-5H2,(H,8,9,10). The zero-order chi connectivity index (χ0) is 11.0. The molecule has 0 aliphatic carbocycles. The Morgan fingerprint density at radius 1 is 1.36 bits per heavy atom. The Morgan fingerprint density at radius 3 is 2.50 bits per heavy atom. The van der Waals surface area contributed by atoms with E-state index < -0.39 is 23.2 Å². The lowest BCUT2D eigenvalue weighted by atomic mass is 10.7. The molecule has 0 saturated carbocycles. The minimum atomic E-state index is -4.49. The van der Waals surface area contributed by atoms with Crippen LogP contribution in [-0.2, 0) is 24.1 Å². The van der Waals surface area contributed by atoms with Gasteiger partial charge in [0, 0.05) is 0 Å². The fourth-order valence-electron chi connectivity index (χ4n) is 0.433. The van der Waals surface area contributed by atoms with Gasteiger partial charge in [-0.15, -0.1) is 0 Å². The Hall–Kier alpha value is -1.12. The molecule has 0 saturated heterocycles. The Labute approximate surface area is 81.2 Å². The van der Waals surface area contributed by atoms with Crippen molar-refractivity contribution < 1.29 is 31.4 Å². The molecule has 0 heterocycles. The van der Waals surface area contributed by atoms with Crippen LogP contribution < -0.4 is 0 Å². The molecule has 14 heavy (non-hydrogen) atoms. The number of rotatable bonds is 6. The molecule has 0 rings (SSSR count). The van der Waals surface area contributed by atoms with Crippen LogP contribution in [0.2, 0.25) is 0 Å². The largest absolute Gasteiger partial charge is 0.508 e. The minimum Gasteiger partial charge on any atom is -0.432 e. The van der Waals surface area contributed by atoms with Crippen LogP contribution in [0.25, 0.3) is 0 Å². The molecule has 7 nitrogen and oxygen atoms in total. The molecule has 0 aromatic rings. The predicted molar refractivity (Wildman–Crippen MR) is 45.0 cm³/mol. The third kappa shape index (κ3) is 8.97. The molecule has 0 spiro atoms. The van der Waals surface area contributed by atoms with Crippen molar-refractivity contribution in [2.45, 2.75) is 0 Å². The molecule has 0 fully saturated rings.